The summed E-state index contributed by atoms with van der Waals surface area (Å²) in [4.78, 5) is 16.3. The van der Waals surface area contributed by atoms with E-state index in [1.165, 1.54) is 16.7 Å². The van der Waals surface area contributed by atoms with E-state index >= 15 is 0 Å². The minimum atomic E-state index is -0.148. The van der Waals surface area contributed by atoms with Crippen LogP contribution in [0.15, 0.2) is 64.6 Å². The van der Waals surface area contributed by atoms with Gasteiger partial charge < -0.3 is 10.4 Å². The topological polar surface area (TPSA) is 62.2 Å². The minimum absolute atomic E-state index is 0.147. The van der Waals surface area contributed by atoms with Crippen LogP contribution in [-0.2, 0) is 11.4 Å². The van der Waals surface area contributed by atoms with Gasteiger partial charge in [-0.15, -0.1) is 0 Å². The number of amides is 1. The predicted octanol–water partition coefficient (Wildman–Crippen LogP) is 2.02. The Labute approximate surface area is 115 Å². The van der Waals surface area contributed by atoms with Crippen molar-refractivity contribution in [1.29, 1.82) is 0 Å². The number of nitrogens with zero attached hydrogens (tertiary/aromatic N) is 1. The summed E-state index contributed by atoms with van der Waals surface area (Å²) >= 11 is 0. The quantitative estimate of drug-likeness (QED) is 0.878. The third-order valence-corrected chi connectivity index (χ3v) is 3.84. The predicted molar refractivity (Wildman–Crippen MR) is 74.7 cm³/mol. The van der Waals surface area contributed by atoms with E-state index in [1.54, 1.807) is 18.5 Å². The summed E-state index contributed by atoms with van der Waals surface area (Å²) in [6.07, 6.45) is 10.2. The SMILES string of the molecule is O=C(Nc1ccncc1CO)C1=C2C=C3CC3=C2C=C1. The van der Waals surface area contributed by atoms with Crippen molar-refractivity contribution in [2.75, 3.05) is 5.32 Å². The van der Waals surface area contributed by atoms with E-state index in [0.29, 0.717) is 16.8 Å². The average molecular weight is 264 g/mol. The summed E-state index contributed by atoms with van der Waals surface area (Å²) in [5, 5.41) is 12.1. The largest absolute Gasteiger partial charge is 0.392 e. The van der Waals surface area contributed by atoms with Gasteiger partial charge in [-0.05, 0) is 46.9 Å². The molecule has 1 saturated carbocycles. The van der Waals surface area contributed by atoms with Crippen molar-refractivity contribution in [2.24, 2.45) is 0 Å². The molecule has 98 valence electrons. The fourth-order valence-corrected chi connectivity index (χ4v) is 2.70. The average Bonchev–Trinajstić information content (AvgIpc) is 2.95. The van der Waals surface area contributed by atoms with Crippen LogP contribution in [0, 0.1) is 0 Å². The zero-order valence-electron chi connectivity index (χ0n) is 10.7. The normalized spacial score (nSPS) is 18.1. The first-order valence-corrected chi connectivity index (χ1v) is 6.50. The number of nitrogens with one attached hydrogen (secondary N) is 1. The van der Waals surface area contributed by atoms with Crippen LogP contribution >= 0.6 is 0 Å². The van der Waals surface area contributed by atoms with Gasteiger partial charge in [0.05, 0.1) is 6.61 Å². The Kier molecular flexibility index (Phi) is 2.28. The molecule has 1 aromatic rings. The zero-order chi connectivity index (χ0) is 13.7. The van der Waals surface area contributed by atoms with E-state index in [1.807, 2.05) is 12.2 Å². The Hall–Kier alpha value is -2.46. The van der Waals surface area contributed by atoms with Gasteiger partial charge in [-0.2, -0.15) is 0 Å². The molecule has 0 spiro atoms. The monoisotopic (exact) mass is 264 g/mol. The van der Waals surface area contributed by atoms with Gasteiger partial charge in [-0.1, -0.05) is 6.08 Å². The molecule has 1 heterocycles. The van der Waals surface area contributed by atoms with Crippen LogP contribution < -0.4 is 5.32 Å². The third kappa shape index (κ3) is 1.58. The van der Waals surface area contributed by atoms with Crippen molar-refractivity contribution in [3.05, 3.63) is 70.1 Å². The van der Waals surface area contributed by atoms with Gasteiger partial charge in [0.2, 0.25) is 0 Å². The van der Waals surface area contributed by atoms with Crippen molar-refractivity contribution < 1.29 is 9.90 Å². The molecule has 0 aromatic carbocycles. The molecular formula is C16H12N2O2. The summed E-state index contributed by atoms with van der Waals surface area (Å²) in [5.74, 6) is -0.147. The van der Waals surface area contributed by atoms with E-state index in [0.717, 1.165) is 12.0 Å². The summed E-state index contributed by atoms with van der Waals surface area (Å²) in [6.45, 7) is -0.148. The van der Waals surface area contributed by atoms with Crippen LogP contribution in [-0.4, -0.2) is 16.0 Å². The molecular weight excluding hydrogens is 252 g/mol. The van der Waals surface area contributed by atoms with Gasteiger partial charge in [0.1, 0.15) is 0 Å². The van der Waals surface area contributed by atoms with Gasteiger partial charge >= 0.3 is 0 Å². The van der Waals surface area contributed by atoms with Crippen molar-refractivity contribution in [3.63, 3.8) is 0 Å². The highest BCUT2D eigenvalue weighted by atomic mass is 16.3. The Morgan fingerprint density at radius 1 is 1.35 bits per heavy atom. The highest BCUT2D eigenvalue weighted by Gasteiger charge is 2.35. The van der Waals surface area contributed by atoms with Crippen molar-refractivity contribution in [3.8, 4) is 0 Å². The van der Waals surface area contributed by atoms with Crippen molar-refractivity contribution >= 4 is 11.6 Å². The molecule has 0 aliphatic heterocycles. The van der Waals surface area contributed by atoms with E-state index in [2.05, 4.69) is 16.4 Å². The molecule has 4 heteroatoms. The lowest BCUT2D eigenvalue weighted by Gasteiger charge is -2.09. The Bertz CT molecular complexity index is 766. The smallest absolute Gasteiger partial charge is 0.256 e. The number of rotatable bonds is 3. The number of hydrogen-bond donors (Lipinski definition) is 2. The fraction of sp³-hybridized carbons (Fsp3) is 0.125. The second kappa shape index (κ2) is 4.02. The lowest BCUT2D eigenvalue weighted by molar-refractivity contribution is -0.112. The second-order valence-corrected chi connectivity index (χ2v) is 5.04. The highest BCUT2D eigenvalue weighted by molar-refractivity contribution is 6.09. The minimum Gasteiger partial charge on any atom is -0.392 e. The molecule has 3 aliphatic rings. The molecule has 0 saturated heterocycles. The summed E-state index contributed by atoms with van der Waals surface area (Å²) in [7, 11) is 0. The molecule has 0 bridgehead atoms. The van der Waals surface area contributed by atoms with Gasteiger partial charge in [0.15, 0.2) is 0 Å². The molecule has 0 unspecified atom stereocenters. The van der Waals surface area contributed by atoms with Crippen LogP contribution in [0.2, 0.25) is 0 Å². The molecule has 3 aliphatic carbocycles. The van der Waals surface area contributed by atoms with Crippen LogP contribution in [0.25, 0.3) is 0 Å². The molecule has 1 aromatic heterocycles. The molecule has 4 rings (SSSR count). The number of carbonyl (C=O) groups excluding carboxylic acids is 1. The first-order valence-electron chi connectivity index (χ1n) is 6.50. The number of anilines is 1. The Balaban J connectivity index is 1.64. The number of carbonyl (C=O) groups is 1. The van der Waals surface area contributed by atoms with Crippen LogP contribution in [0.4, 0.5) is 5.69 Å². The van der Waals surface area contributed by atoms with Crippen molar-refractivity contribution in [2.45, 2.75) is 13.0 Å². The van der Waals surface area contributed by atoms with Crippen LogP contribution in [0.5, 0.6) is 0 Å². The number of pyridine rings is 1. The first kappa shape index (κ1) is 11.4. The van der Waals surface area contributed by atoms with E-state index < -0.39 is 0 Å². The number of fused-ring (bicyclic) bond motifs is 2. The molecule has 1 amide bonds. The number of aliphatic hydroxyl groups excluding tert-OH is 1. The summed E-state index contributed by atoms with van der Waals surface area (Å²) in [5.41, 5.74) is 6.85. The van der Waals surface area contributed by atoms with E-state index in [9.17, 15) is 9.90 Å². The van der Waals surface area contributed by atoms with Gasteiger partial charge in [0, 0.05) is 29.2 Å². The van der Waals surface area contributed by atoms with Gasteiger partial charge in [0.25, 0.3) is 5.91 Å². The maximum absolute atomic E-state index is 12.4. The molecule has 20 heavy (non-hydrogen) atoms. The van der Waals surface area contributed by atoms with Gasteiger partial charge in [-0.3, -0.25) is 9.78 Å². The molecule has 2 N–H and O–H groups in total. The Morgan fingerprint density at radius 3 is 3.10 bits per heavy atom. The second-order valence-electron chi connectivity index (χ2n) is 5.04. The zero-order valence-corrected chi connectivity index (χ0v) is 10.7. The number of aromatic nitrogens is 1. The highest BCUT2D eigenvalue weighted by Crippen LogP contribution is 2.51. The van der Waals surface area contributed by atoms with Gasteiger partial charge in [-0.25, -0.2) is 0 Å². The van der Waals surface area contributed by atoms with Crippen LogP contribution in [0.3, 0.4) is 0 Å². The van der Waals surface area contributed by atoms with Crippen molar-refractivity contribution in [1.82, 2.24) is 4.98 Å². The number of allylic oxidation sites excluding steroid dienone is 6. The van der Waals surface area contributed by atoms with E-state index in [-0.39, 0.29) is 12.5 Å². The molecule has 1 fully saturated rings. The number of hydrogen-bond acceptors (Lipinski definition) is 3. The summed E-state index contributed by atoms with van der Waals surface area (Å²) < 4.78 is 0. The Morgan fingerprint density at radius 2 is 2.25 bits per heavy atom. The lowest BCUT2D eigenvalue weighted by atomic mass is 10.1. The number of aliphatic hydroxyl groups is 1. The first-order chi connectivity index (χ1) is 9.78. The molecule has 4 nitrogen and oxygen atoms in total. The van der Waals surface area contributed by atoms with Crippen LogP contribution in [0.1, 0.15) is 12.0 Å². The maximum atomic E-state index is 12.4. The maximum Gasteiger partial charge on any atom is 0.256 e. The summed E-state index contributed by atoms with van der Waals surface area (Å²) in [6, 6.07) is 1.69. The fourth-order valence-electron chi connectivity index (χ4n) is 2.70. The third-order valence-electron chi connectivity index (χ3n) is 3.84. The molecule has 0 atom stereocenters. The van der Waals surface area contributed by atoms with E-state index in [4.69, 9.17) is 0 Å². The molecule has 0 radical (unpaired) electrons. The standard InChI is InChI=1S/C16H12N2O2/c19-8-10-7-17-4-3-15(10)18-16(20)12-2-1-11-13-5-9(13)6-14(11)12/h1-4,6-7,19H,5,8H2,(H,17,18,20). The lowest BCUT2D eigenvalue weighted by Crippen LogP contribution is -2.15.